The number of benzene rings is 2. The highest BCUT2D eigenvalue weighted by molar-refractivity contribution is 5.97. The van der Waals surface area contributed by atoms with Crippen molar-refractivity contribution in [2.24, 2.45) is 0 Å². The number of nitrogens with one attached hydrogen (secondary N) is 1. The lowest BCUT2D eigenvalue weighted by Crippen LogP contribution is -2.69. The highest BCUT2D eigenvalue weighted by Crippen LogP contribution is 2.21. The van der Waals surface area contributed by atoms with Crippen LogP contribution in [0.3, 0.4) is 0 Å². The number of rotatable bonds is 4. The van der Waals surface area contributed by atoms with E-state index in [9.17, 15) is 14.7 Å². The van der Waals surface area contributed by atoms with Crippen LogP contribution in [0.25, 0.3) is 0 Å². The molecule has 2 heterocycles. The molecular weight excluding hydrogens is 354 g/mol. The number of piperazine rings is 2. The van der Waals surface area contributed by atoms with Crippen LogP contribution >= 0.6 is 0 Å². The normalized spacial score (nSPS) is 22.7. The van der Waals surface area contributed by atoms with Crippen LogP contribution in [0, 0.1) is 6.92 Å². The standard InChI is InChI=1S/C22H25N3O3/c1-15-4-2-3-5-17(15)13-24-10-11-25-20(14-24)21(27)23-19(22(25)28)12-16-6-8-18(26)9-7-16/h2-9,19-20,26H,10-14H2,1H3,(H,23,27)/t19-,20-/m1/s1. The van der Waals surface area contributed by atoms with Crippen molar-refractivity contribution in [2.75, 3.05) is 19.6 Å². The van der Waals surface area contributed by atoms with Crippen LogP contribution in [0.4, 0.5) is 0 Å². The third kappa shape index (κ3) is 3.73. The van der Waals surface area contributed by atoms with Gasteiger partial charge in [-0.25, -0.2) is 0 Å². The van der Waals surface area contributed by atoms with Crippen molar-refractivity contribution in [3.8, 4) is 5.75 Å². The second-order valence-corrected chi connectivity index (χ2v) is 7.64. The highest BCUT2D eigenvalue weighted by atomic mass is 16.3. The minimum absolute atomic E-state index is 0.0202. The molecule has 2 N–H and O–H groups in total. The van der Waals surface area contributed by atoms with Gasteiger partial charge in [0.25, 0.3) is 0 Å². The largest absolute Gasteiger partial charge is 0.508 e. The van der Waals surface area contributed by atoms with Crippen LogP contribution in [-0.4, -0.2) is 58.4 Å². The van der Waals surface area contributed by atoms with Gasteiger partial charge in [-0.05, 0) is 35.7 Å². The maximum absolute atomic E-state index is 12.9. The zero-order valence-electron chi connectivity index (χ0n) is 16.0. The molecule has 0 bridgehead atoms. The number of amides is 2. The van der Waals surface area contributed by atoms with Gasteiger partial charge in [0, 0.05) is 32.6 Å². The molecule has 2 fully saturated rings. The molecule has 0 radical (unpaired) electrons. The van der Waals surface area contributed by atoms with Crippen molar-refractivity contribution < 1.29 is 14.7 Å². The quantitative estimate of drug-likeness (QED) is 0.844. The number of phenols is 1. The molecule has 2 saturated heterocycles. The molecule has 6 nitrogen and oxygen atoms in total. The van der Waals surface area contributed by atoms with E-state index in [0.29, 0.717) is 19.5 Å². The Bertz CT molecular complexity index is 881. The van der Waals surface area contributed by atoms with Crippen LogP contribution in [0.2, 0.25) is 0 Å². The highest BCUT2D eigenvalue weighted by Gasteiger charge is 2.43. The summed E-state index contributed by atoms with van der Waals surface area (Å²) in [7, 11) is 0. The molecule has 2 amide bonds. The van der Waals surface area contributed by atoms with Crippen LogP contribution in [0.15, 0.2) is 48.5 Å². The smallest absolute Gasteiger partial charge is 0.246 e. The summed E-state index contributed by atoms with van der Waals surface area (Å²) >= 11 is 0. The first kappa shape index (κ1) is 18.5. The first-order valence-electron chi connectivity index (χ1n) is 9.67. The maximum Gasteiger partial charge on any atom is 0.246 e. The van der Waals surface area contributed by atoms with Gasteiger partial charge in [0.15, 0.2) is 0 Å². The van der Waals surface area contributed by atoms with Crippen molar-refractivity contribution in [1.29, 1.82) is 0 Å². The molecule has 146 valence electrons. The topological polar surface area (TPSA) is 72.9 Å². The minimum atomic E-state index is -0.545. The van der Waals surface area contributed by atoms with Crippen molar-refractivity contribution in [2.45, 2.75) is 32.0 Å². The lowest BCUT2D eigenvalue weighted by atomic mass is 9.98. The third-order valence-corrected chi connectivity index (χ3v) is 5.70. The Morgan fingerprint density at radius 3 is 2.57 bits per heavy atom. The Balaban J connectivity index is 1.42. The van der Waals surface area contributed by atoms with E-state index in [1.54, 1.807) is 29.2 Å². The van der Waals surface area contributed by atoms with Crippen molar-refractivity contribution in [3.63, 3.8) is 0 Å². The van der Waals surface area contributed by atoms with Gasteiger partial charge in [-0.15, -0.1) is 0 Å². The lowest BCUT2D eigenvalue weighted by Gasteiger charge is -2.45. The van der Waals surface area contributed by atoms with E-state index in [1.165, 1.54) is 11.1 Å². The maximum atomic E-state index is 12.9. The zero-order valence-corrected chi connectivity index (χ0v) is 16.0. The molecule has 0 unspecified atom stereocenters. The third-order valence-electron chi connectivity index (χ3n) is 5.70. The molecule has 6 heteroatoms. The van der Waals surface area contributed by atoms with E-state index in [4.69, 9.17) is 0 Å². The van der Waals surface area contributed by atoms with Crippen molar-refractivity contribution >= 4 is 11.8 Å². The number of carbonyl (C=O) groups is 2. The summed E-state index contributed by atoms with van der Waals surface area (Å²) in [6, 6.07) is 14.0. The van der Waals surface area contributed by atoms with E-state index in [1.807, 2.05) is 12.1 Å². The Kier molecular flexibility index (Phi) is 5.05. The molecule has 0 aromatic heterocycles. The van der Waals surface area contributed by atoms with Gasteiger partial charge >= 0.3 is 0 Å². The van der Waals surface area contributed by atoms with Crippen molar-refractivity contribution in [1.82, 2.24) is 15.1 Å². The molecule has 2 aromatic carbocycles. The fraction of sp³-hybridized carbons (Fsp3) is 0.364. The van der Waals surface area contributed by atoms with E-state index in [0.717, 1.165) is 18.7 Å². The molecule has 2 atom stereocenters. The Morgan fingerprint density at radius 1 is 1.07 bits per heavy atom. The summed E-state index contributed by atoms with van der Waals surface area (Å²) in [5.41, 5.74) is 3.40. The number of aromatic hydroxyl groups is 1. The number of carbonyl (C=O) groups excluding carboxylic acids is 2. The molecular formula is C22H25N3O3. The van der Waals surface area contributed by atoms with Gasteiger partial charge in [-0.3, -0.25) is 14.5 Å². The molecule has 2 aliphatic rings. The Morgan fingerprint density at radius 2 is 1.82 bits per heavy atom. The van der Waals surface area contributed by atoms with Crippen LogP contribution in [-0.2, 0) is 22.6 Å². The van der Waals surface area contributed by atoms with Gasteiger partial charge in [-0.1, -0.05) is 36.4 Å². The van der Waals surface area contributed by atoms with E-state index >= 15 is 0 Å². The summed E-state index contributed by atoms with van der Waals surface area (Å²) in [6.45, 7) is 4.76. The number of hydrogen-bond acceptors (Lipinski definition) is 4. The van der Waals surface area contributed by atoms with Gasteiger partial charge in [-0.2, -0.15) is 0 Å². The predicted octanol–water partition coefficient (Wildman–Crippen LogP) is 1.45. The first-order chi connectivity index (χ1) is 13.5. The average molecular weight is 379 g/mol. The number of aryl methyl sites for hydroxylation is 1. The summed E-state index contributed by atoms with van der Waals surface area (Å²) in [4.78, 5) is 29.6. The molecule has 0 aliphatic carbocycles. The average Bonchev–Trinajstić information content (AvgIpc) is 2.69. The Labute approximate surface area is 164 Å². The fourth-order valence-electron chi connectivity index (χ4n) is 4.04. The molecule has 2 aromatic rings. The minimum Gasteiger partial charge on any atom is -0.508 e. The number of fused-ring (bicyclic) bond motifs is 1. The summed E-state index contributed by atoms with van der Waals surface area (Å²) in [5.74, 6) is 0.0821. The second kappa shape index (κ2) is 7.64. The molecule has 28 heavy (non-hydrogen) atoms. The number of hydrogen-bond donors (Lipinski definition) is 2. The number of phenolic OH excluding ortho intramolecular Hbond substituents is 1. The second-order valence-electron chi connectivity index (χ2n) is 7.64. The van der Waals surface area contributed by atoms with E-state index < -0.39 is 12.1 Å². The van der Waals surface area contributed by atoms with Crippen LogP contribution < -0.4 is 5.32 Å². The Hall–Kier alpha value is -2.86. The van der Waals surface area contributed by atoms with Crippen molar-refractivity contribution in [3.05, 3.63) is 65.2 Å². The summed E-state index contributed by atoms with van der Waals surface area (Å²) in [5, 5.41) is 12.3. The monoisotopic (exact) mass is 379 g/mol. The van der Waals surface area contributed by atoms with E-state index in [-0.39, 0.29) is 17.6 Å². The van der Waals surface area contributed by atoms with Gasteiger partial charge < -0.3 is 15.3 Å². The van der Waals surface area contributed by atoms with E-state index in [2.05, 4.69) is 29.3 Å². The molecule has 0 saturated carbocycles. The molecule has 2 aliphatic heterocycles. The first-order valence-corrected chi connectivity index (χ1v) is 9.67. The summed E-state index contributed by atoms with van der Waals surface area (Å²) in [6.07, 6.45) is 0.432. The van der Waals surface area contributed by atoms with Gasteiger partial charge in [0.2, 0.25) is 11.8 Å². The van der Waals surface area contributed by atoms with Gasteiger partial charge in [0.1, 0.15) is 17.8 Å². The van der Waals surface area contributed by atoms with Crippen LogP contribution in [0.5, 0.6) is 5.75 Å². The lowest BCUT2D eigenvalue weighted by molar-refractivity contribution is -0.153. The predicted molar refractivity (Wildman–Crippen MR) is 106 cm³/mol. The fourth-order valence-corrected chi connectivity index (χ4v) is 4.04. The zero-order chi connectivity index (χ0) is 19.7. The molecule has 4 rings (SSSR count). The van der Waals surface area contributed by atoms with Crippen LogP contribution in [0.1, 0.15) is 16.7 Å². The SMILES string of the molecule is Cc1ccccc1CN1CCN2C(=O)[C@@H](Cc3ccc(O)cc3)NC(=O)[C@H]2C1. The number of nitrogens with zero attached hydrogens (tertiary/aromatic N) is 2. The molecule has 0 spiro atoms. The summed E-state index contributed by atoms with van der Waals surface area (Å²) < 4.78 is 0. The van der Waals surface area contributed by atoms with Gasteiger partial charge in [0.05, 0.1) is 0 Å².